The fourth-order valence-electron chi connectivity index (χ4n) is 2.08. The maximum Gasteiger partial charge on any atom is 0.261 e. The summed E-state index contributed by atoms with van der Waals surface area (Å²) in [6, 6.07) is 12.6. The molecule has 2 aromatic rings. The molecule has 0 aliphatic heterocycles. The Balaban J connectivity index is 2.13. The van der Waals surface area contributed by atoms with Gasteiger partial charge in [-0.1, -0.05) is 30.3 Å². The first-order valence-corrected chi connectivity index (χ1v) is 7.29. The van der Waals surface area contributed by atoms with E-state index in [9.17, 15) is 9.59 Å². The minimum absolute atomic E-state index is 0.100. The summed E-state index contributed by atoms with van der Waals surface area (Å²) in [6.45, 7) is 4.73. The van der Waals surface area contributed by atoms with Crippen LogP contribution in [0, 0.1) is 0 Å². The van der Waals surface area contributed by atoms with Crippen LogP contribution in [0.1, 0.15) is 24.2 Å². The molecule has 1 atom stereocenters. The second-order valence-electron chi connectivity index (χ2n) is 5.01. The number of pyridine rings is 1. The number of rotatable bonds is 6. The molecule has 2 N–H and O–H groups in total. The van der Waals surface area contributed by atoms with Gasteiger partial charge in [0, 0.05) is 18.3 Å². The number of ether oxygens (including phenoxy) is 1. The van der Waals surface area contributed by atoms with Gasteiger partial charge in [-0.25, -0.2) is 0 Å². The highest BCUT2D eigenvalue weighted by Gasteiger charge is 2.14. The molecular weight excluding hydrogens is 280 g/mol. The van der Waals surface area contributed by atoms with Crippen molar-refractivity contribution in [3.8, 4) is 11.3 Å². The molecule has 0 radical (unpaired) electrons. The average molecular weight is 300 g/mol. The largest absolute Gasteiger partial charge is 0.380 e. The molecule has 116 valence electrons. The summed E-state index contributed by atoms with van der Waals surface area (Å²) in [6.07, 6.45) is 0. The number of aromatic nitrogens is 1. The maximum absolute atomic E-state index is 12.1. The van der Waals surface area contributed by atoms with Gasteiger partial charge < -0.3 is 15.0 Å². The minimum atomic E-state index is -0.400. The van der Waals surface area contributed by atoms with Crippen molar-refractivity contribution in [1.29, 1.82) is 0 Å². The van der Waals surface area contributed by atoms with Crippen LogP contribution in [0.3, 0.4) is 0 Å². The molecule has 0 bridgehead atoms. The van der Waals surface area contributed by atoms with Gasteiger partial charge in [0.05, 0.1) is 6.61 Å². The first kappa shape index (κ1) is 16.0. The van der Waals surface area contributed by atoms with Crippen LogP contribution >= 0.6 is 0 Å². The first-order chi connectivity index (χ1) is 10.6. The van der Waals surface area contributed by atoms with Crippen LogP contribution in [-0.2, 0) is 4.74 Å². The molecule has 1 aromatic carbocycles. The van der Waals surface area contributed by atoms with Gasteiger partial charge in [0.2, 0.25) is 0 Å². The number of hydrogen-bond donors (Lipinski definition) is 2. The van der Waals surface area contributed by atoms with Crippen molar-refractivity contribution < 1.29 is 9.53 Å². The normalized spacial score (nSPS) is 11.9. The van der Waals surface area contributed by atoms with Crippen molar-refractivity contribution in [2.45, 2.75) is 19.9 Å². The van der Waals surface area contributed by atoms with Gasteiger partial charge in [0.15, 0.2) is 0 Å². The zero-order valence-corrected chi connectivity index (χ0v) is 12.8. The van der Waals surface area contributed by atoms with E-state index in [0.717, 1.165) is 5.56 Å². The SMILES string of the molecule is CCOCC(C)NC(=O)c1ccc(-c2ccccc2)[nH]c1=O. The number of nitrogens with one attached hydrogen (secondary N) is 2. The second-order valence-corrected chi connectivity index (χ2v) is 5.01. The molecule has 5 heteroatoms. The topological polar surface area (TPSA) is 71.2 Å². The lowest BCUT2D eigenvalue weighted by Gasteiger charge is -2.13. The zero-order valence-electron chi connectivity index (χ0n) is 12.8. The average Bonchev–Trinajstić information content (AvgIpc) is 2.53. The molecule has 1 unspecified atom stereocenters. The molecule has 1 amide bonds. The quantitative estimate of drug-likeness (QED) is 0.859. The highest BCUT2D eigenvalue weighted by molar-refractivity contribution is 5.94. The van der Waals surface area contributed by atoms with Crippen molar-refractivity contribution in [3.63, 3.8) is 0 Å². The molecule has 22 heavy (non-hydrogen) atoms. The van der Waals surface area contributed by atoms with E-state index in [2.05, 4.69) is 10.3 Å². The highest BCUT2D eigenvalue weighted by Crippen LogP contribution is 2.14. The second kappa shape index (κ2) is 7.56. The first-order valence-electron chi connectivity index (χ1n) is 7.29. The molecule has 0 saturated carbocycles. The fraction of sp³-hybridized carbons (Fsp3) is 0.294. The van der Waals surface area contributed by atoms with E-state index in [1.807, 2.05) is 44.2 Å². The molecule has 0 saturated heterocycles. The zero-order chi connectivity index (χ0) is 15.9. The summed E-state index contributed by atoms with van der Waals surface area (Å²) < 4.78 is 5.24. The maximum atomic E-state index is 12.1. The summed E-state index contributed by atoms with van der Waals surface area (Å²) in [5, 5.41) is 2.75. The van der Waals surface area contributed by atoms with Crippen molar-refractivity contribution >= 4 is 5.91 Å². The Morgan fingerprint density at radius 3 is 2.59 bits per heavy atom. The lowest BCUT2D eigenvalue weighted by molar-refractivity contribution is 0.0870. The molecule has 1 aromatic heterocycles. The Kier molecular flexibility index (Phi) is 5.49. The van der Waals surface area contributed by atoms with Gasteiger partial charge >= 0.3 is 0 Å². The van der Waals surface area contributed by atoms with Gasteiger partial charge in [0.25, 0.3) is 11.5 Å². The Labute approximate surface area is 129 Å². The summed E-state index contributed by atoms with van der Waals surface area (Å²) in [5.41, 5.74) is 1.28. The van der Waals surface area contributed by atoms with Crippen molar-refractivity contribution in [1.82, 2.24) is 10.3 Å². The van der Waals surface area contributed by atoms with Crippen molar-refractivity contribution in [3.05, 3.63) is 58.4 Å². The fourth-order valence-corrected chi connectivity index (χ4v) is 2.08. The number of aromatic amines is 1. The van der Waals surface area contributed by atoms with Crippen molar-refractivity contribution in [2.75, 3.05) is 13.2 Å². The summed E-state index contributed by atoms with van der Waals surface area (Å²) >= 11 is 0. The molecule has 0 aliphatic carbocycles. The number of carbonyl (C=O) groups excluding carboxylic acids is 1. The van der Waals surface area contributed by atoms with Crippen LogP contribution in [-0.4, -0.2) is 30.1 Å². The third-order valence-electron chi connectivity index (χ3n) is 3.19. The van der Waals surface area contributed by atoms with Crippen LogP contribution in [0.5, 0.6) is 0 Å². The lowest BCUT2D eigenvalue weighted by Crippen LogP contribution is -2.38. The summed E-state index contributed by atoms with van der Waals surface area (Å²) in [5.74, 6) is -0.395. The van der Waals surface area contributed by atoms with Crippen LogP contribution < -0.4 is 10.9 Å². The Hall–Kier alpha value is -2.40. The third kappa shape index (κ3) is 4.05. The van der Waals surface area contributed by atoms with Gasteiger partial charge in [-0.15, -0.1) is 0 Å². The summed E-state index contributed by atoms with van der Waals surface area (Å²) in [7, 11) is 0. The summed E-state index contributed by atoms with van der Waals surface area (Å²) in [4.78, 5) is 26.9. The third-order valence-corrected chi connectivity index (χ3v) is 3.19. The van der Waals surface area contributed by atoms with Gasteiger partial charge in [0.1, 0.15) is 5.56 Å². The van der Waals surface area contributed by atoms with Gasteiger partial charge in [-0.2, -0.15) is 0 Å². The smallest absolute Gasteiger partial charge is 0.261 e. The Morgan fingerprint density at radius 1 is 1.23 bits per heavy atom. The number of benzene rings is 1. The molecule has 1 heterocycles. The van der Waals surface area contributed by atoms with Crippen LogP contribution in [0.2, 0.25) is 0 Å². The van der Waals surface area contributed by atoms with E-state index in [1.165, 1.54) is 0 Å². The van der Waals surface area contributed by atoms with E-state index >= 15 is 0 Å². The molecule has 0 aliphatic rings. The minimum Gasteiger partial charge on any atom is -0.380 e. The van der Waals surface area contributed by atoms with Crippen LogP contribution in [0.25, 0.3) is 11.3 Å². The Morgan fingerprint density at radius 2 is 1.95 bits per heavy atom. The Bertz CT molecular complexity index is 680. The number of H-pyrrole nitrogens is 1. The number of hydrogen-bond acceptors (Lipinski definition) is 3. The predicted octanol–water partition coefficient (Wildman–Crippen LogP) is 2.20. The molecule has 2 rings (SSSR count). The highest BCUT2D eigenvalue weighted by atomic mass is 16.5. The molecular formula is C17H20N2O3. The number of carbonyl (C=O) groups is 1. The van der Waals surface area contributed by atoms with E-state index in [4.69, 9.17) is 4.74 Å². The standard InChI is InChI=1S/C17H20N2O3/c1-3-22-11-12(2)18-16(20)14-9-10-15(19-17(14)21)13-7-5-4-6-8-13/h4-10,12H,3,11H2,1-2H3,(H,18,20)(H,19,21). The van der Waals surface area contributed by atoms with Gasteiger partial charge in [-0.3, -0.25) is 9.59 Å². The molecule has 0 spiro atoms. The van der Waals surface area contributed by atoms with E-state index in [-0.39, 0.29) is 11.6 Å². The van der Waals surface area contributed by atoms with Gasteiger partial charge in [-0.05, 0) is 31.5 Å². The number of amides is 1. The van der Waals surface area contributed by atoms with E-state index in [1.54, 1.807) is 12.1 Å². The predicted molar refractivity (Wildman–Crippen MR) is 85.9 cm³/mol. The van der Waals surface area contributed by atoms with E-state index in [0.29, 0.717) is 18.9 Å². The van der Waals surface area contributed by atoms with Crippen LogP contribution in [0.4, 0.5) is 0 Å². The van der Waals surface area contributed by atoms with Crippen LogP contribution in [0.15, 0.2) is 47.3 Å². The monoisotopic (exact) mass is 300 g/mol. The van der Waals surface area contributed by atoms with E-state index < -0.39 is 11.5 Å². The van der Waals surface area contributed by atoms with Crippen molar-refractivity contribution in [2.24, 2.45) is 0 Å². The molecule has 5 nitrogen and oxygen atoms in total. The lowest BCUT2D eigenvalue weighted by atomic mass is 10.1. The molecule has 0 fully saturated rings.